The Balaban J connectivity index is 1.22. The van der Waals surface area contributed by atoms with Gasteiger partial charge in [-0.25, -0.2) is 9.78 Å². The number of hydrogen-bond acceptors (Lipinski definition) is 7. The second kappa shape index (κ2) is 9.62. The van der Waals surface area contributed by atoms with Crippen LogP contribution in [0.5, 0.6) is 0 Å². The van der Waals surface area contributed by atoms with Crippen LogP contribution in [0, 0.1) is 0 Å². The van der Waals surface area contributed by atoms with E-state index in [-0.39, 0.29) is 18.1 Å². The topological polar surface area (TPSA) is 79.9 Å². The van der Waals surface area contributed by atoms with Crippen LogP contribution in [0.1, 0.15) is 37.7 Å². The van der Waals surface area contributed by atoms with Gasteiger partial charge in [-0.2, -0.15) is 4.98 Å². The zero-order valence-corrected chi connectivity index (χ0v) is 20.6. The summed E-state index contributed by atoms with van der Waals surface area (Å²) < 4.78 is 0. The molecule has 0 radical (unpaired) electrons. The van der Waals surface area contributed by atoms with Crippen molar-refractivity contribution >= 4 is 29.2 Å². The number of piperazine rings is 1. The monoisotopic (exact) mass is 476 g/mol. The fraction of sp³-hybridized carbons (Fsp3) is 0.577. The molecule has 4 aliphatic rings. The summed E-state index contributed by atoms with van der Waals surface area (Å²) in [5.74, 6) is 1.33. The van der Waals surface area contributed by atoms with E-state index in [9.17, 15) is 4.79 Å². The lowest BCUT2D eigenvalue weighted by molar-refractivity contribution is 0.174. The minimum atomic E-state index is 0.110. The number of likely N-dealkylation sites (N-methyl/N-ethyl adjacent to an activating group) is 1. The third-order valence-corrected chi connectivity index (χ3v) is 8.02. The average molecular weight is 477 g/mol. The fourth-order valence-corrected chi connectivity index (χ4v) is 5.89. The summed E-state index contributed by atoms with van der Waals surface area (Å²) in [6, 6.07) is 9.08. The van der Waals surface area contributed by atoms with Gasteiger partial charge in [-0.3, -0.25) is 4.90 Å². The van der Waals surface area contributed by atoms with Crippen LogP contribution in [-0.2, 0) is 6.54 Å². The zero-order chi connectivity index (χ0) is 23.8. The molecule has 1 aliphatic carbocycles. The van der Waals surface area contributed by atoms with Crippen LogP contribution in [0.3, 0.4) is 0 Å². The molecule has 1 aromatic heterocycles. The van der Waals surface area contributed by atoms with Crippen molar-refractivity contribution in [2.24, 2.45) is 0 Å². The van der Waals surface area contributed by atoms with Crippen molar-refractivity contribution in [1.29, 1.82) is 0 Å². The molecule has 6 rings (SSSR count). The molecule has 1 aromatic carbocycles. The van der Waals surface area contributed by atoms with E-state index < -0.39 is 0 Å². The van der Waals surface area contributed by atoms with Crippen LogP contribution in [0.15, 0.2) is 30.5 Å². The van der Waals surface area contributed by atoms with Gasteiger partial charge in [-0.15, -0.1) is 0 Å². The molecular weight excluding hydrogens is 440 g/mol. The predicted molar refractivity (Wildman–Crippen MR) is 138 cm³/mol. The van der Waals surface area contributed by atoms with Gasteiger partial charge in [-0.05, 0) is 57.1 Å². The largest absolute Gasteiger partial charge is 0.369 e. The molecule has 2 amide bonds. The molecule has 9 heteroatoms. The summed E-state index contributed by atoms with van der Waals surface area (Å²) >= 11 is 0. The molecule has 186 valence electrons. The Morgan fingerprint density at radius 2 is 1.77 bits per heavy atom. The number of urea groups is 1. The number of anilines is 4. The molecule has 2 saturated heterocycles. The lowest BCUT2D eigenvalue weighted by Crippen LogP contribution is -2.55. The van der Waals surface area contributed by atoms with Crippen molar-refractivity contribution in [2.75, 3.05) is 61.4 Å². The van der Waals surface area contributed by atoms with Crippen molar-refractivity contribution in [1.82, 2.24) is 25.1 Å². The van der Waals surface area contributed by atoms with E-state index in [0.717, 1.165) is 75.6 Å². The van der Waals surface area contributed by atoms with Gasteiger partial charge in [0.1, 0.15) is 5.82 Å². The third-order valence-electron chi connectivity index (χ3n) is 8.02. The summed E-state index contributed by atoms with van der Waals surface area (Å²) in [5.41, 5.74) is 3.24. The third kappa shape index (κ3) is 4.54. The first-order chi connectivity index (χ1) is 17.2. The number of hydrogen-bond donors (Lipinski definition) is 2. The predicted octanol–water partition coefficient (Wildman–Crippen LogP) is 3.02. The summed E-state index contributed by atoms with van der Waals surface area (Å²) in [6.45, 7) is 6.71. The van der Waals surface area contributed by atoms with Crippen LogP contribution in [0.25, 0.3) is 0 Å². The number of nitrogens with one attached hydrogen (secondary N) is 2. The standard InChI is InChI=1S/C26H36N8O/c1-31-12-14-32(15-13-31)21-8-6-20(7-9-21)29-25-28-16-19-18-33(23-10-11-27-17-23)26(35)34(24(19)30-25)22-4-2-3-5-22/h6-9,16,22-23,27H,2-5,10-15,17-18H2,1H3,(H,28,29,30)/t23-/m1/s1. The Morgan fingerprint density at radius 1 is 1.00 bits per heavy atom. The molecule has 3 fully saturated rings. The van der Waals surface area contributed by atoms with Crippen LogP contribution in [0.4, 0.5) is 27.9 Å². The van der Waals surface area contributed by atoms with E-state index in [1.807, 2.05) is 16.0 Å². The highest BCUT2D eigenvalue weighted by molar-refractivity contribution is 5.94. The summed E-state index contributed by atoms with van der Waals surface area (Å²) in [5, 5.41) is 6.78. The lowest BCUT2D eigenvalue weighted by atomic mass is 10.1. The van der Waals surface area contributed by atoms with Gasteiger partial charge >= 0.3 is 6.03 Å². The van der Waals surface area contributed by atoms with Crippen molar-refractivity contribution in [3.05, 3.63) is 36.0 Å². The number of amides is 2. The lowest BCUT2D eigenvalue weighted by Gasteiger charge is -2.41. The fourth-order valence-electron chi connectivity index (χ4n) is 5.89. The van der Waals surface area contributed by atoms with Crippen molar-refractivity contribution in [2.45, 2.75) is 50.7 Å². The van der Waals surface area contributed by atoms with Gasteiger partial charge in [0.05, 0.1) is 6.54 Å². The van der Waals surface area contributed by atoms with Crippen molar-refractivity contribution in [3.8, 4) is 0 Å². The zero-order valence-electron chi connectivity index (χ0n) is 20.6. The minimum absolute atomic E-state index is 0.110. The normalized spacial score (nSPS) is 23.7. The van der Waals surface area contributed by atoms with Gasteiger partial charge in [-0.1, -0.05) is 12.8 Å². The van der Waals surface area contributed by atoms with E-state index in [0.29, 0.717) is 12.5 Å². The number of benzene rings is 1. The number of carbonyl (C=O) groups is 1. The molecule has 2 aromatic rings. The molecule has 0 bridgehead atoms. The highest BCUT2D eigenvalue weighted by atomic mass is 16.2. The average Bonchev–Trinajstić information content (AvgIpc) is 3.60. The molecule has 0 unspecified atom stereocenters. The van der Waals surface area contributed by atoms with Gasteiger partial charge < -0.3 is 25.3 Å². The second-order valence-electron chi connectivity index (χ2n) is 10.4. The molecule has 9 nitrogen and oxygen atoms in total. The SMILES string of the molecule is CN1CCN(c2ccc(Nc3ncc4c(n3)N(C3CCCC3)C(=O)N([C@@H]3CCNC3)C4)cc2)CC1. The summed E-state index contributed by atoms with van der Waals surface area (Å²) in [6.07, 6.45) is 7.34. The highest BCUT2D eigenvalue weighted by Gasteiger charge is 2.40. The highest BCUT2D eigenvalue weighted by Crippen LogP contribution is 2.36. The molecule has 0 spiro atoms. The molecule has 1 atom stereocenters. The minimum Gasteiger partial charge on any atom is -0.369 e. The van der Waals surface area contributed by atoms with Crippen molar-refractivity contribution in [3.63, 3.8) is 0 Å². The van der Waals surface area contributed by atoms with Crippen LogP contribution in [-0.4, -0.2) is 84.2 Å². The first-order valence-corrected chi connectivity index (χ1v) is 13.1. The van der Waals surface area contributed by atoms with Gasteiger partial charge in [0.15, 0.2) is 0 Å². The van der Waals surface area contributed by atoms with Crippen LogP contribution >= 0.6 is 0 Å². The number of carbonyl (C=O) groups excluding carboxylic acids is 1. The number of nitrogens with zero attached hydrogens (tertiary/aromatic N) is 6. The Morgan fingerprint density at radius 3 is 2.49 bits per heavy atom. The Bertz CT molecular complexity index is 1040. The summed E-state index contributed by atoms with van der Waals surface area (Å²) in [4.78, 5) is 32.0. The maximum Gasteiger partial charge on any atom is 0.326 e. The number of fused-ring (bicyclic) bond motifs is 1. The van der Waals surface area contributed by atoms with Crippen LogP contribution < -0.4 is 20.4 Å². The first kappa shape index (κ1) is 22.5. The van der Waals surface area contributed by atoms with E-state index in [2.05, 4.69) is 56.7 Å². The van der Waals surface area contributed by atoms with E-state index in [1.165, 1.54) is 18.5 Å². The second-order valence-corrected chi connectivity index (χ2v) is 10.4. The molecule has 35 heavy (non-hydrogen) atoms. The molecule has 1 saturated carbocycles. The van der Waals surface area contributed by atoms with Gasteiger partial charge in [0, 0.05) is 67.9 Å². The van der Waals surface area contributed by atoms with Crippen molar-refractivity contribution < 1.29 is 4.79 Å². The van der Waals surface area contributed by atoms with E-state index in [4.69, 9.17) is 4.98 Å². The quantitative estimate of drug-likeness (QED) is 0.687. The Kier molecular flexibility index (Phi) is 6.20. The Hall–Kier alpha value is -2.91. The molecular formula is C26H36N8O. The molecule has 3 aliphatic heterocycles. The molecule has 4 heterocycles. The summed E-state index contributed by atoms with van der Waals surface area (Å²) in [7, 11) is 2.17. The molecule has 2 N–H and O–H groups in total. The maximum absolute atomic E-state index is 13.7. The smallest absolute Gasteiger partial charge is 0.326 e. The van der Waals surface area contributed by atoms with E-state index >= 15 is 0 Å². The van der Waals surface area contributed by atoms with Gasteiger partial charge in [0.2, 0.25) is 5.95 Å². The first-order valence-electron chi connectivity index (χ1n) is 13.1. The number of rotatable bonds is 5. The Labute approximate surface area is 207 Å². The maximum atomic E-state index is 13.7. The van der Waals surface area contributed by atoms with Gasteiger partial charge in [0.25, 0.3) is 0 Å². The van der Waals surface area contributed by atoms with E-state index in [1.54, 1.807) is 0 Å². The van der Waals surface area contributed by atoms with Crippen LogP contribution in [0.2, 0.25) is 0 Å². The number of aromatic nitrogens is 2.